The first kappa shape index (κ1) is 14.9. The summed E-state index contributed by atoms with van der Waals surface area (Å²) < 4.78 is 0. The monoisotopic (exact) mass is 246 g/mol. The molecule has 0 saturated carbocycles. The van der Waals surface area contributed by atoms with Crippen LogP contribution in [0.1, 0.15) is 26.7 Å². The van der Waals surface area contributed by atoms with E-state index >= 15 is 0 Å². The quantitative estimate of drug-likeness (QED) is 0.530. The Morgan fingerprint density at radius 2 is 1.18 bits per heavy atom. The summed E-state index contributed by atoms with van der Waals surface area (Å²) in [6, 6.07) is 0. The van der Waals surface area contributed by atoms with Crippen molar-refractivity contribution in [3.63, 3.8) is 0 Å². The summed E-state index contributed by atoms with van der Waals surface area (Å²) in [5.41, 5.74) is -1.70. The van der Waals surface area contributed by atoms with Gasteiger partial charge in [0.05, 0.1) is 0 Å². The molecule has 0 aromatic rings. The normalized spacial score (nSPS) is 10.5. The van der Waals surface area contributed by atoms with Crippen molar-refractivity contribution in [2.24, 2.45) is 5.41 Å². The van der Waals surface area contributed by atoms with E-state index in [2.05, 4.69) is 0 Å². The van der Waals surface area contributed by atoms with Gasteiger partial charge in [0.25, 0.3) is 0 Å². The second-order valence-electron chi connectivity index (χ2n) is 3.31. The summed E-state index contributed by atoms with van der Waals surface area (Å²) in [6.45, 7) is 2.98. The van der Waals surface area contributed by atoms with Gasteiger partial charge in [-0.1, -0.05) is 13.8 Å². The molecule has 17 heavy (non-hydrogen) atoms. The highest BCUT2D eigenvalue weighted by atomic mass is 16.4. The van der Waals surface area contributed by atoms with Crippen molar-refractivity contribution in [1.29, 1.82) is 0 Å². The van der Waals surface area contributed by atoms with Gasteiger partial charge in [-0.05, 0) is 12.8 Å². The number of amides is 4. The van der Waals surface area contributed by atoms with Crippen LogP contribution in [0, 0.1) is 5.41 Å². The van der Waals surface area contributed by atoms with E-state index in [1.807, 2.05) is 0 Å². The molecule has 96 valence electrons. The van der Waals surface area contributed by atoms with Crippen LogP contribution < -0.4 is 10.6 Å². The van der Waals surface area contributed by atoms with Crippen molar-refractivity contribution in [2.45, 2.75) is 26.7 Å². The SMILES string of the molecule is CCC(CC)(C(=O)NC(=O)O)C(=O)NC(=O)O. The predicted molar refractivity (Wildman–Crippen MR) is 55.4 cm³/mol. The molecule has 0 aliphatic carbocycles. The van der Waals surface area contributed by atoms with Gasteiger partial charge in [-0.15, -0.1) is 0 Å². The van der Waals surface area contributed by atoms with Crippen molar-refractivity contribution >= 4 is 24.0 Å². The smallest absolute Gasteiger partial charge is 0.411 e. The predicted octanol–water partition coefficient (Wildman–Crippen LogP) is 0.381. The highest BCUT2D eigenvalue weighted by molar-refractivity contribution is 6.11. The van der Waals surface area contributed by atoms with Crippen molar-refractivity contribution in [2.75, 3.05) is 0 Å². The molecular formula is C9H14N2O6. The Labute approximate surface area is 97.0 Å². The minimum absolute atomic E-state index is 0.0122. The molecule has 0 aliphatic heterocycles. The van der Waals surface area contributed by atoms with Crippen LogP contribution >= 0.6 is 0 Å². The lowest BCUT2D eigenvalue weighted by Crippen LogP contribution is -2.53. The zero-order valence-electron chi connectivity index (χ0n) is 9.44. The first-order valence-electron chi connectivity index (χ1n) is 4.89. The lowest BCUT2D eigenvalue weighted by molar-refractivity contribution is -0.143. The summed E-state index contributed by atoms with van der Waals surface area (Å²) in [4.78, 5) is 43.9. The largest absolute Gasteiger partial charge is 0.465 e. The van der Waals surface area contributed by atoms with E-state index in [4.69, 9.17) is 10.2 Å². The molecule has 0 rings (SSSR count). The van der Waals surface area contributed by atoms with Gasteiger partial charge in [0.2, 0.25) is 11.8 Å². The fourth-order valence-electron chi connectivity index (χ4n) is 1.43. The molecule has 0 radical (unpaired) electrons. The molecule has 4 amide bonds. The van der Waals surface area contributed by atoms with E-state index in [1.54, 1.807) is 10.6 Å². The van der Waals surface area contributed by atoms with E-state index in [0.717, 1.165) is 0 Å². The molecule has 4 N–H and O–H groups in total. The lowest BCUT2D eigenvalue weighted by atomic mass is 9.80. The number of imide groups is 2. The standard InChI is InChI=1S/C9H14N2O6/c1-3-9(4-2,5(12)10-7(14)15)6(13)11-8(16)17/h3-4H2,1-2H3,(H,10,12)(H,11,13)(H,14,15)(H,16,17). The molecule has 0 aliphatic rings. The third kappa shape index (κ3) is 3.44. The van der Waals surface area contributed by atoms with Crippen LogP contribution in [0.5, 0.6) is 0 Å². The first-order valence-corrected chi connectivity index (χ1v) is 4.89. The van der Waals surface area contributed by atoms with Gasteiger partial charge in [0.15, 0.2) is 0 Å². The molecule has 8 nitrogen and oxygen atoms in total. The number of rotatable bonds is 4. The Hall–Kier alpha value is -2.12. The van der Waals surface area contributed by atoms with Gasteiger partial charge in [0, 0.05) is 0 Å². The molecule has 0 bridgehead atoms. The molecular weight excluding hydrogens is 232 g/mol. The molecule has 0 fully saturated rings. The van der Waals surface area contributed by atoms with Crippen LogP contribution in [0.4, 0.5) is 9.59 Å². The number of carbonyl (C=O) groups excluding carboxylic acids is 2. The molecule has 0 unspecified atom stereocenters. The van der Waals surface area contributed by atoms with Crippen molar-refractivity contribution < 1.29 is 29.4 Å². The maximum absolute atomic E-state index is 11.6. The Bertz CT molecular complexity index is 317. The molecule has 8 heteroatoms. The average Bonchev–Trinajstić information content (AvgIpc) is 2.17. The van der Waals surface area contributed by atoms with E-state index in [9.17, 15) is 19.2 Å². The maximum Gasteiger partial charge on any atom is 0.411 e. The number of carboxylic acid groups (broad SMARTS) is 2. The maximum atomic E-state index is 11.6. The third-order valence-electron chi connectivity index (χ3n) is 2.52. The highest BCUT2D eigenvalue weighted by Gasteiger charge is 2.44. The summed E-state index contributed by atoms with van der Waals surface area (Å²) in [7, 11) is 0. The van der Waals surface area contributed by atoms with Gasteiger partial charge in [-0.25, -0.2) is 9.59 Å². The van der Waals surface area contributed by atoms with Crippen LogP contribution in [0.25, 0.3) is 0 Å². The summed E-state index contributed by atoms with van der Waals surface area (Å²) in [6.07, 6.45) is -3.21. The van der Waals surface area contributed by atoms with Gasteiger partial charge >= 0.3 is 12.2 Å². The van der Waals surface area contributed by atoms with E-state index in [-0.39, 0.29) is 12.8 Å². The number of hydrogen-bond donors (Lipinski definition) is 4. The van der Waals surface area contributed by atoms with Crippen LogP contribution in [-0.2, 0) is 9.59 Å². The molecule has 0 atom stereocenters. The van der Waals surface area contributed by atoms with E-state index in [1.165, 1.54) is 13.8 Å². The Balaban J connectivity index is 5.14. The van der Waals surface area contributed by atoms with Crippen LogP contribution in [-0.4, -0.2) is 34.2 Å². The molecule has 0 heterocycles. The van der Waals surface area contributed by atoms with Gasteiger partial charge < -0.3 is 10.2 Å². The fraction of sp³-hybridized carbons (Fsp3) is 0.556. The van der Waals surface area contributed by atoms with E-state index < -0.39 is 29.4 Å². The summed E-state index contributed by atoms with van der Waals surface area (Å²) in [5.74, 6) is -2.07. The van der Waals surface area contributed by atoms with Crippen LogP contribution in [0.2, 0.25) is 0 Å². The van der Waals surface area contributed by atoms with Gasteiger partial charge in [-0.3, -0.25) is 20.2 Å². The minimum atomic E-state index is -1.70. The van der Waals surface area contributed by atoms with Gasteiger partial charge in [0.1, 0.15) is 5.41 Å². The topological polar surface area (TPSA) is 133 Å². The average molecular weight is 246 g/mol. The lowest BCUT2D eigenvalue weighted by Gasteiger charge is -2.26. The second-order valence-corrected chi connectivity index (χ2v) is 3.31. The Kier molecular flexibility index (Phi) is 5.10. The molecule has 0 spiro atoms. The van der Waals surface area contributed by atoms with Crippen molar-refractivity contribution in [3.05, 3.63) is 0 Å². The summed E-state index contributed by atoms with van der Waals surface area (Å²) in [5, 5.41) is 20.0. The van der Waals surface area contributed by atoms with Crippen LogP contribution in [0.3, 0.4) is 0 Å². The zero-order valence-corrected chi connectivity index (χ0v) is 9.44. The van der Waals surface area contributed by atoms with Crippen molar-refractivity contribution in [3.8, 4) is 0 Å². The second kappa shape index (κ2) is 5.83. The third-order valence-corrected chi connectivity index (χ3v) is 2.52. The van der Waals surface area contributed by atoms with E-state index in [0.29, 0.717) is 0 Å². The molecule has 0 aromatic heterocycles. The minimum Gasteiger partial charge on any atom is -0.465 e. The molecule has 0 aromatic carbocycles. The highest BCUT2D eigenvalue weighted by Crippen LogP contribution is 2.27. The number of carbonyl (C=O) groups is 4. The summed E-state index contributed by atoms with van der Waals surface area (Å²) >= 11 is 0. The first-order chi connectivity index (χ1) is 7.80. The fourth-order valence-corrected chi connectivity index (χ4v) is 1.43. The zero-order chi connectivity index (χ0) is 13.6. The van der Waals surface area contributed by atoms with Gasteiger partial charge in [-0.2, -0.15) is 0 Å². The van der Waals surface area contributed by atoms with Crippen LogP contribution in [0.15, 0.2) is 0 Å². The molecule has 0 saturated heterocycles. The number of hydrogen-bond acceptors (Lipinski definition) is 4. The van der Waals surface area contributed by atoms with Crippen molar-refractivity contribution in [1.82, 2.24) is 10.6 Å². The Morgan fingerprint density at radius 1 is 0.882 bits per heavy atom. The number of nitrogens with one attached hydrogen (secondary N) is 2. The Morgan fingerprint density at radius 3 is 1.35 bits per heavy atom.